The molecule has 106 valence electrons. The summed E-state index contributed by atoms with van der Waals surface area (Å²) in [6, 6.07) is 14.0. The van der Waals surface area contributed by atoms with Crippen LogP contribution in [0.15, 0.2) is 58.3 Å². The first-order valence-corrected chi connectivity index (χ1v) is 8.73. The summed E-state index contributed by atoms with van der Waals surface area (Å²) in [7, 11) is -3.63. The van der Waals surface area contributed by atoms with Gasteiger partial charge in [0.15, 0.2) is 0 Å². The number of anilines is 1. The largest absolute Gasteiger partial charge is 0.326 e. The first-order valence-electron chi connectivity index (χ1n) is 6.02. The second kappa shape index (κ2) is 6.30. The van der Waals surface area contributed by atoms with Crippen LogP contribution < -0.4 is 10.5 Å². The molecule has 0 aromatic heterocycles. The summed E-state index contributed by atoms with van der Waals surface area (Å²) in [6.45, 7) is 0.182. The fourth-order valence-corrected chi connectivity index (χ4v) is 3.81. The maximum Gasteiger partial charge on any atom is 0.262 e. The van der Waals surface area contributed by atoms with Crippen LogP contribution in [0.3, 0.4) is 0 Å². The van der Waals surface area contributed by atoms with Crippen LogP contribution >= 0.6 is 11.8 Å². The third kappa shape index (κ3) is 3.15. The highest BCUT2D eigenvalue weighted by Gasteiger charge is 2.18. The molecule has 0 aliphatic heterocycles. The summed E-state index contributed by atoms with van der Waals surface area (Å²) >= 11 is 1.49. The van der Waals surface area contributed by atoms with E-state index in [9.17, 15) is 8.42 Å². The number of hydrogen-bond donors (Lipinski definition) is 2. The summed E-state index contributed by atoms with van der Waals surface area (Å²) in [6.07, 6.45) is 1.90. The first kappa shape index (κ1) is 14.9. The van der Waals surface area contributed by atoms with E-state index in [0.717, 1.165) is 4.90 Å². The molecule has 0 aliphatic rings. The Morgan fingerprint density at radius 1 is 1.10 bits per heavy atom. The summed E-state index contributed by atoms with van der Waals surface area (Å²) in [5.74, 6) is 0. The molecule has 2 aromatic carbocycles. The third-order valence-corrected chi connectivity index (χ3v) is 5.10. The van der Waals surface area contributed by atoms with Crippen molar-refractivity contribution < 1.29 is 8.42 Å². The standard InChI is InChI=1S/C14H16N2O2S2/c1-19-13-8-4-3-7-12(13)16-20(17,18)14-9-5-2-6-11(14)10-15/h2-9,16H,10,15H2,1H3. The van der Waals surface area contributed by atoms with Crippen molar-refractivity contribution in [3.05, 3.63) is 54.1 Å². The van der Waals surface area contributed by atoms with Crippen molar-refractivity contribution in [3.8, 4) is 0 Å². The number of thioether (sulfide) groups is 1. The van der Waals surface area contributed by atoms with Crippen LogP contribution in [-0.4, -0.2) is 14.7 Å². The van der Waals surface area contributed by atoms with Crippen molar-refractivity contribution in [1.82, 2.24) is 0 Å². The van der Waals surface area contributed by atoms with E-state index in [0.29, 0.717) is 11.3 Å². The lowest BCUT2D eigenvalue weighted by Crippen LogP contribution is -2.16. The predicted octanol–water partition coefficient (Wildman–Crippen LogP) is 2.67. The van der Waals surface area contributed by atoms with Crippen molar-refractivity contribution in [2.24, 2.45) is 5.73 Å². The molecule has 20 heavy (non-hydrogen) atoms. The van der Waals surface area contributed by atoms with Gasteiger partial charge in [0.25, 0.3) is 10.0 Å². The highest BCUT2D eigenvalue weighted by molar-refractivity contribution is 7.99. The van der Waals surface area contributed by atoms with Gasteiger partial charge in [0.1, 0.15) is 0 Å². The first-order chi connectivity index (χ1) is 9.58. The minimum Gasteiger partial charge on any atom is -0.326 e. The minimum atomic E-state index is -3.63. The monoisotopic (exact) mass is 308 g/mol. The van der Waals surface area contributed by atoms with Gasteiger partial charge >= 0.3 is 0 Å². The van der Waals surface area contributed by atoms with E-state index in [2.05, 4.69) is 4.72 Å². The number of benzene rings is 2. The van der Waals surface area contributed by atoms with E-state index in [1.165, 1.54) is 11.8 Å². The van der Waals surface area contributed by atoms with E-state index in [1.54, 1.807) is 36.4 Å². The molecular formula is C14H16N2O2S2. The Balaban J connectivity index is 2.41. The van der Waals surface area contributed by atoms with Gasteiger partial charge in [-0.3, -0.25) is 4.72 Å². The van der Waals surface area contributed by atoms with E-state index >= 15 is 0 Å². The molecule has 0 atom stereocenters. The molecule has 0 saturated heterocycles. The van der Waals surface area contributed by atoms with Crippen molar-refractivity contribution in [2.75, 3.05) is 11.0 Å². The Morgan fingerprint density at radius 2 is 1.75 bits per heavy atom. The lowest BCUT2D eigenvalue weighted by Gasteiger charge is -2.13. The number of hydrogen-bond acceptors (Lipinski definition) is 4. The number of sulfonamides is 1. The van der Waals surface area contributed by atoms with E-state index in [-0.39, 0.29) is 11.4 Å². The highest BCUT2D eigenvalue weighted by Crippen LogP contribution is 2.27. The Kier molecular flexibility index (Phi) is 4.69. The van der Waals surface area contributed by atoms with Crippen molar-refractivity contribution in [2.45, 2.75) is 16.3 Å². The number of para-hydroxylation sites is 1. The van der Waals surface area contributed by atoms with Crippen molar-refractivity contribution >= 4 is 27.5 Å². The fourth-order valence-electron chi connectivity index (χ4n) is 1.86. The number of rotatable bonds is 5. The van der Waals surface area contributed by atoms with Gasteiger partial charge in [-0.1, -0.05) is 30.3 Å². The molecule has 0 radical (unpaired) electrons. The van der Waals surface area contributed by atoms with Crippen LogP contribution in [-0.2, 0) is 16.6 Å². The molecule has 0 bridgehead atoms. The van der Waals surface area contributed by atoms with E-state index in [1.807, 2.05) is 18.4 Å². The van der Waals surface area contributed by atoms with Gasteiger partial charge in [-0.15, -0.1) is 11.8 Å². The Morgan fingerprint density at radius 3 is 2.45 bits per heavy atom. The van der Waals surface area contributed by atoms with Gasteiger partial charge in [-0.25, -0.2) is 8.42 Å². The summed E-state index contributed by atoms with van der Waals surface area (Å²) < 4.78 is 27.6. The smallest absolute Gasteiger partial charge is 0.262 e. The molecule has 3 N–H and O–H groups in total. The molecule has 2 aromatic rings. The quantitative estimate of drug-likeness (QED) is 0.833. The lowest BCUT2D eigenvalue weighted by molar-refractivity contribution is 0.600. The Labute approximate surface area is 123 Å². The van der Waals surface area contributed by atoms with Gasteiger partial charge in [-0.2, -0.15) is 0 Å². The van der Waals surface area contributed by atoms with Crippen LogP contribution in [0, 0.1) is 0 Å². The molecule has 0 amide bonds. The number of nitrogens with one attached hydrogen (secondary N) is 1. The highest BCUT2D eigenvalue weighted by atomic mass is 32.2. The van der Waals surface area contributed by atoms with Gasteiger partial charge in [0.05, 0.1) is 10.6 Å². The molecule has 0 spiro atoms. The van der Waals surface area contributed by atoms with Gasteiger partial charge < -0.3 is 5.73 Å². The molecule has 0 aliphatic carbocycles. The van der Waals surface area contributed by atoms with Crippen LogP contribution in [0.25, 0.3) is 0 Å². The second-order valence-electron chi connectivity index (χ2n) is 4.12. The van der Waals surface area contributed by atoms with Crippen LogP contribution in [0.4, 0.5) is 5.69 Å². The molecule has 0 saturated carbocycles. The number of nitrogens with two attached hydrogens (primary N) is 1. The fraction of sp³-hybridized carbons (Fsp3) is 0.143. The minimum absolute atomic E-state index is 0.182. The third-order valence-electron chi connectivity index (χ3n) is 2.83. The van der Waals surface area contributed by atoms with Crippen LogP contribution in [0.1, 0.15) is 5.56 Å². The SMILES string of the molecule is CSc1ccccc1NS(=O)(=O)c1ccccc1CN. The molecule has 4 nitrogen and oxygen atoms in total. The normalized spacial score (nSPS) is 11.3. The van der Waals surface area contributed by atoms with E-state index < -0.39 is 10.0 Å². The van der Waals surface area contributed by atoms with Crippen LogP contribution in [0.2, 0.25) is 0 Å². The molecule has 0 unspecified atom stereocenters. The van der Waals surface area contributed by atoms with Gasteiger partial charge in [0, 0.05) is 11.4 Å². The van der Waals surface area contributed by atoms with E-state index in [4.69, 9.17) is 5.73 Å². The molecule has 6 heteroatoms. The molecular weight excluding hydrogens is 292 g/mol. The average molecular weight is 308 g/mol. The zero-order valence-electron chi connectivity index (χ0n) is 11.0. The Bertz CT molecular complexity index is 700. The summed E-state index contributed by atoms with van der Waals surface area (Å²) in [4.78, 5) is 1.10. The molecule has 0 fully saturated rings. The topological polar surface area (TPSA) is 72.2 Å². The summed E-state index contributed by atoms with van der Waals surface area (Å²) in [5, 5.41) is 0. The maximum absolute atomic E-state index is 12.5. The molecule has 2 rings (SSSR count). The zero-order valence-corrected chi connectivity index (χ0v) is 12.7. The summed E-state index contributed by atoms with van der Waals surface area (Å²) in [5.41, 5.74) is 6.77. The van der Waals surface area contributed by atoms with Crippen molar-refractivity contribution in [3.63, 3.8) is 0 Å². The van der Waals surface area contributed by atoms with Crippen molar-refractivity contribution in [1.29, 1.82) is 0 Å². The molecule has 0 heterocycles. The second-order valence-corrected chi connectivity index (χ2v) is 6.62. The van der Waals surface area contributed by atoms with Gasteiger partial charge in [-0.05, 0) is 30.0 Å². The lowest BCUT2D eigenvalue weighted by atomic mass is 10.2. The Hall–Kier alpha value is -1.50. The zero-order chi connectivity index (χ0) is 14.6. The average Bonchev–Trinajstić information content (AvgIpc) is 2.47. The predicted molar refractivity (Wildman–Crippen MR) is 83.4 cm³/mol. The van der Waals surface area contributed by atoms with Gasteiger partial charge in [0.2, 0.25) is 0 Å². The van der Waals surface area contributed by atoms with Crippen LogP contribution in [0.5, 0.6) is 0 Å². The maximum atomic E-state index is 12.5.